The van der Waals surface area contributed by atoms with E-state index in [1.165, 1.54) is 25.7 Å². The third-order valence-electron chi connectivity index (χ3n) is 3.21. The van der Waals surface area contributed by atoms with Crippen LogP contribution < -0.4 is 5.32 Å². The molecular weight excluding hydrogens is 194 g/mol. The zero-order chi connectivity index (χ0) is 12.4. The maximum absolute atomic E-state index is 3.86. The summed E-state index contributed by atoms with van der Waals surface area (Å²) in [5, 5.41) is 3.57. The monoisotopic (exact) mass is 223 g/mol. The first kappa shape index (κ1) is 15.4. The average molecular weight is 223 g/mol. The smallest absolute Gasteiger partial charge is 0.0247 e. The van der Waals surface area contributed by atoms with Crippen LogP contribution in [-0.4, -0.2) is 12.6 Å². The Morgan fingerprint density at radius 1 is 1.12 bits per heavy atom. The maximum atomic E-state index is 3.86. The lowest BCUT2D eigenvalue weighted by Crippen LogP contribution is -2.28. The summed E-state index contributed by atoms with van der Waals surface area (Å²) in [5.74, 6) is 0. The molecule has 0 aromatic rings. The molecule has 0 rings (SSSR count). The highest BCUT2D eigenvalue weighted by molar-refractivity contribution is 5.15. The van der Waals surface area contributed by atoms with E-state index >= 15 is 0 Å². The van der Waals surface area contributed by atoms with Crippen LogP contribution in [0.2, 0.25) is 0 Å². The third-order valence-corrected chi connectivity index (χ3v) is 3.21. The lowest BCUT2D eigenvalue weighted by molar-refractivity contribution is 0.597. The average Bonchev–Trinajstić information content (AvgIpc) is 2.33. The minimum atomic E-state index is 0.460. The molecule has 0 amide bonds. The summed E-state index contributed by atoms with van der Waals surface area (Å²) in [4.78, 5) is 0. The molecule has 1 N–H and O–H groups in total. The molecule has 1 atom stereocenters. The molecule has 16 heavy (non-hydrogen) atoms. The maximum Gasteiger partial charge on any atom is 0.0247 e. The summed E-state index contributed by atoms with van der Waals surface area (Å²) < 4.78 is 0. The number of allylic oxidation sites excluding steroid dienone is 1. The Kier molecular flexibility index (Phi) is 9.31. The molecule has 0 aromatic heterocycles. The van der Waals surface area contributed by atoms with Crippen LogP contribution in [0.25, 0.3) is 0 Å². The number of nitrogens with one attached hydrogen (secondary N) is 1. The fourth-order valence-corrected chi connectivity index (χ4v) is 2.05. The molecule has 0 bridgehead atoms. The Balaban J connectivity index is 4.41. The first-order valence-electron chi connectivity index (χ1n) is 6.78. The highest BCUT2D eigenvalue weighted by Gasteiger charge is 2.05. The second-order valence-electron chi connectivity index (χ2n) is 4.30. The molecule has 0 spiro atoms. The van der Waals surface area contributed by atoms with Crippen molar-refractivity contribution in [1.82, 2.24) is 5.32 Å². The Morgan fingerprint density at radius 3 is 2.12 bits per heavy atom. The van der Waals surface area contributed by atoms with Crippen molar-refractivity contribution in [2.24, 2.45) is 0 Å². The van der Waals surface area contributed by atoms with Crippen LogP contribution in [0.15, 0.2) is 23.8 Å². The van der Waals surface area contributed by atoms with Crippen molar-refractivity contribution in [2.45, 2.75) is 65.8 Å². The normalized spacial score (nSPS) is 14.5. The molecule has 0 aliphatic carbocycles. The van der Waals surface area contributed by atoms with Gasteiger partial charge in [-0.15, -0.1) is 6.58 Å². The van der Waals surface area contributed by atoms with Crippen molar-refractivity contribution in [3.63, 3.8) is 0 Å². The fourth-order valence-electron chi connectivity index (χ4n) is 2.05. The molecule has 94 valence electrons. The molecule has 0 saturated carbocycles. The van der Waals surface area contributed by atoms with Gasteiger partial charge in [-0.25, -0.2) is 0 Å². The van der Waals surface area contributed by atoms with Gasteiger partial charge in [0.2, 0.25) is 0 Å². The van der Waals surface area contributed by atoms with Crippen molar-refractivity contribution in [3.8, 4) is 0 Å². The van der Waals surface area contributed by atoms with Gasteiger partial charge < -0.3 is 5.32 Å². The topological polar surface area (TPSA) is 12.0 Å². The Labute approximate surface area is 102 Å². The van der Waals surface area contributed by atoms with Crippen LogP contribution in [-0.2, 0) is 0 Å². The predicted octanol–water partition coefficient (Wildman–Crippen LogP) is 4.46. The standard InChI is InChI=1S/C15H29N/c1-6-11-13(7-2)14(8-3)12-16-15(9-4)10-5/h9,15-16H,4,6-8,10-12H2,1-3,5H3/b14-13+. The summed E-state index contributed by atoms with van der Waals surface area (Å²) in [6.45, 7) is 13.9. The van der Waals surface area contributed by atoms with E-state index in [9.17, 15) is 0 Å². The summed E-state index contributed by atoms with van der Waals surface area (Å²) in [7, 11) is 0. The molecule has 0 fully saturated rings. The SMILES string of the molecule is C=CC(CC)NC/C(CC)=C(\CC)CCC. The fraction of sp³-hybridized carbons (Fsp3) is 0.733. The van der Waals surface area contributed by atoms with E-state index in [1.54, 1.807) is 11.1 Å². The summed E-state index contributed by atoms with van der Waals surface area (Å²) in [6, 6.07) is 0.460. The molecule has 1 nitrogen and oxygen atoms in total. The van der Waals surface area contributed by atoms with Crippen molar-refractivity contribution in [1.29, 1.82) is 0 Å². The van der Waals surface area contributed by atoms with Gasteiger partial charge in [-0.3, -0.25) is 0 Å². The van der Waals surface area contributed by atoms with Gasteiger partial charge in [0.1, 0.15) is 0 Å². The van der Waals surface area contributed by atoms with Crippen LogP contribution in [0.4, 0.5) is 0 Å². The molecule has 0 radical (unpaired) electrons. The molecule has 0 saturated heterocycles. The van der Waals surface area contributed by atoms with E-state index in [0.717, 1.165) is 13.0 Å². The minimum Gasteiger partial charge on any atom is -0.307 e. The van der Waals surface area contributed by atoms with Crippen LogP contribution in [0.1, 0.15) is 59.8 Å². The molecule has 0 heterocycles. The first-order chi connectivity index (χ1) is 7.73. The molecular formula is C15H29N. The lowest BCUT2D eigenvalue weighted by atomic mass is 9.99. The lowest BCUT2D eigenvalue weighted by Gasteiger charge is -2.17. The summed E-state index contributed by atoms with van der Waals surface area (Å²) >= 11 is 0. The second-order valence-corrected chi connectivity index (χ2v) is 4.30. The van der Waals surface area contributed by atoms with Crippen LogP contribution in [0, 0.1) is 0 Å². The van der Waals surface area contributed by atoms with E-state index in [2.05, 4.69) is 39.6 Å². The second kappa shape index (κ2) is 9.65. The molecule has 1 unspecified atom stereocenters. The largest absolute Gasteiger partial charge is 0.307 e. The van der Waals surface area contributed by atoms with Gasteiger partial charge in [0.05, 0.1) is 0 Å². The van der Waals surface area contributed by atoms with Gasteiger partial charge in [-0.05, 0) is 25.7 Å². The minimum absolute atomic E-state index is 0.460. The number of rotatable bonds is 9. The van der Waals surface area contributed by atoms with Gasteiger partial charge in [0.25, 0.3) is 0 Å². The quantitative estimate of drug-likeness (QED) is 0.569. The van der Waals surface area contributed by atoms with Crippen molar-refractivity contribution < 1.29 is 0 Å². The van der Waals surface area contributed by atoms with E-state index in [1.807, 2.05) is 6.08 Å². The highest BCUT2D eigenvalue weighted by atomic mass is 14.9. The van der Waals surface area contributed by atoms with Crippen molar-refractivity contribution in [2.75, 3.05) is 6.54 Å². The molecule has 0 aliphatic rings. The van der Waals surface area contributed by atoms with E-state index in [0.29, 0.717) is 6.04 Å². The molecule has 1 heteroatoms. The highest BCUT2D eigenvalue weighted by Crippen LogP contribution is 2.17. The number of hydrogen-bond donors (Lipinski definition) is 1. The summed E-state index contributed by atoms with van der Waals surface area (Å²) in [5.41, 5.74) is 3.25. The van der Waals surface area contributed by atoms with Crippen LogP contribution in [0.5, 0.6) is 0 Å². The van der Waals surface area contributed by atoms with Gasteiger partial charge >= 0.3 is 0 Å². The molecule has 0 aromatic carbocycles. The molecule has 0 aliphatic heterocycles. The van der Waals surface area contributed by atoms with E-state index in [4.69, 9.17) is 0 Å². The van der Waals surface area contributed by atoms with Gasteiger partial charge in [-0.2, -0.15) is 0 Å². The van der Waals surface area contributed by atoms with Crippen molar-refractivity contribution >= 4 is 0 Å². The number of hydrogen-bond acceptors (Lipinski definition) is 1. The Morgan fingerprint density at radius 2 is 1.75 bits per heavy atom. The summed E-state index contributed by atoms with van der Waals surface area (Å²) in [6.07, 6.45) is 8.01. The van der Waals surface area contributed by atoms with Gasteiger partial charge in [0.15, 0.2) is 0 Å². The first-order valence-corrected chi connectivity index (χ1v) is 6.78. The van der Waals surface area contributed by atoms with E-state index < -0.39 is 0 Å². The Bertz CT molecular complexity index is 215. The Hall–Kier alpha value is -0.560. The zero-order valence-electron chi connectivity index (χ0n) is 11.6. The third kappa shape index (κ3) is 5.50. The van der Waals surface area contributed by atoms with Crippen LogP contribution in [0.3, 0.4) is 0 Å². The zero-order valence-corrected chi connectivity index (χ0v) is 11.6. The van der Waals surface area contributed by atoms with Crippen molar-refractivity contribution in [3.05, 3.63) is 23.8 Å². The van der Waals surface area contributed by atoms with Gasteiger partial charge in [0, 0.05) is 12.6 Å². The van der Waals surface area contributed by atoms with Crippen LogP contribution >= 0.6 is 0 Å². The predicted molar refractivity (Wildman–Crippen MR) is 74.8 cm³/mol. The van der Waals surface area contributed by atoms with Gasteiger partial charge in [-0.1, -0.05) is 51.3 Å². The van der Waals surface area contributed by atoms with E-state index in [-0.39, 0.29) is 0 Å².